The lowest BCUT2D eigenvalue weighted by molar-refractivity contribution is -0.134. The van der Waals surface area contributed by atoms with Crippen molar-refractivity contribution < 1.29 is 23.9 Å². The number of benzene rings is 4. The molecule has 11 heteroatoms. The van der Waals surface area contributed by atoms with Gasteiger partial charge in [-0.3, -0.25) is 19.2 Å². The molecule has 11 nitrogen and oxygen atoms in total. The van der Waals surface area contributed by atoms with E-state index in [1.54, 1.807) is 6.92 Å². The number of epoxide rings is 1. The van der Waals surface area contributed by atoms with Gasteiger partial charge in [-0.05, 0) is 59.0 Å². The van der Waals surface area contributed by atoms with E-state index < -0.39 is 47.5 Å². The van der Waals surface area contributed by atoms with Gasteiger partial charge >= 0.3 is 0 Å². The maximum Gasteiger partial charge on any atom is 0.243 e. The Morgan fingerprint density at radius 1 is 0.660 bits per heavy atom. The molecule has 5 rings (SSSR count). The second-order valence-corrected chi connectivity index (χ2v) is 14.1. The van der Waals surface area contributed by atoms with Gasteiger partial charge in [0, 0.05) is 17.8 Å². The number of hydrogen-bond acceptors (Lipinski definition) is 6. The Labute approximate surface area is 310 Å². The largest absolute Gasteiger partial charge is 0.361 e. The van der Waals surface area contributed by atoms with E-state index in [0.717, 1.165) is 27.8 Å². The van der Waals surface area contributed by atoms with Crippen LogP contribution < -0.4 is 16.0 Å². The Morgan fingerprint density at radius 3 is 1.58 bits per heavy atom. The van der Waals surface area contributed by atoms with Crippen LogP contribution in [0, 0.1) is 5.92 Å². The second-order valence-electron chi connectivity index (χ2n) is 14.1. The molecule has 4 aromatic rings. The highest BCUT2D eigenvalue weighted by Crippen LogP contribution is 2.30. The Morgan fingerprint density at radius 2 is 1.09 bits per heavy atom. The third-order valence-electron chi connectivity index (χ3n) is 9.25. The molecule has 1 saturated heterocycles. The van der Waals surface area contributed by atoms with Crippen LogP contribution in [0.4, 0.5) is 0 Å². The van der Waals surface area contributed by atoms with Crippen LogP contribution in [0.15, 0.2) is 120 Å². The number of amides is 3. The highest BCUT2D eigenvalue weighted by molar-refractivity contribution is 5.98. The van der Waals surface area contributed by atoms with Gasteiger partial charge in [0.1, 0.15) is 23.7 Å². The first-order valence-corrected chi connectivity index (χ1v) is 17.9. The zero-order valence-electron chi connectivity index (χ0n) is 30.3. The summed E-state index contributed by atoms with van der Waals surface area (Å²) in [7, 11) is 0. The normalized spacial score (nSPS) is 17.0. The summed E-state index contributed by atoms with van der Waals surface area (Å²) in [6, 6.07) is 31.7. The number of carbonyl (C=O) groups excluding carboxylic acids is 4. The minimum atomic E-state index is -1.14. The summed E-state index contributed by atoms with van der Waals surface area (Å²) in [6.45, 7) is 5.92. The fourth-order valence-electron chi connectivity index (χ4n) is 6.19. The van der Waals surface area contributed by atoms with Crippen molar-refractivity contribution in [2.45, 2.75) is 76.2 Å². The van der Waals surface area contributed by atoms with Crippen molar-refractivity contribution in [2.24, 2.45) is 11.0 Å². The number of azide groups is 1. The first-order valence-electron chi connectivity index (χ1n) is 17.9. The van der Waals surface area contributed by atoms with Crippen molar-refractivity contribution in [3.05, 3.63) is 142 Å². The fourth-order valence-corrected chi connectivity index (χ4v) is 6.19. The molecule has 0 spiro atoms. The highest BCUT2D eigenvalue weighted by Gasteiger charge is 2.50. The lowest BCUT2D eigenvalue weighted by Crippen LogP contribution is -2.58. The maximum absolute atomic E-state index is 14.3. The average molecular weight is 715 g/mol. The SMILES string of the molecule is CC(C)C[C@H](NC(=O)[C@H](Cc1ccccc1)NC(=O)[C@H](Cc1ccc(-c2ccccc2)cc1)NC(=O)[C@H](Cc1ccccc1)N=[N+]=[N-])C(=O)[C@@]1(C)CO1. The fraction of sp³-hybridized carbons (Fsp3) is 0.333. The Kier molecular flexibility index (Phi) is 13.2. The summed E-state index contributed by atoms with van der Waals surface area (Å²) in [5.41, 5.74) is 12.7. The van der Waals surface area contributed by atoms with Crippen LogP contribution in [0.25, 0.3) is 21.6 Å². The third kappa shape index (κ3) is 11.1. The summed E-state index contributed by atoms with van der Waals surface area (Å²) in [4.78, 5) is 58.3. The van der Waals surface area contributed by atoms with Crippen LogP contribution in [0.1, 0.15) is 43.9 Å². The van der Waals surface area contributed by atoms with Gasteiger partial charge in [0.25, 0.3) is 0 Å². The predicted octanol–water partition coefficient (Wildman–Crippen LogP) is 5.92. The van der Waals surface area contributed by atoms with E-state index in [2.05, 4.69) is 26.0 Å². The zero-order valence-corrected chi connectivity index (χ0v) is 30.3. The van der Waals surface area contributed by atoms with Crippen LogP contribution >= 0.6 is 0 Å². The summed E-state index contributed by atoms with van der Waals surface area (Å²) >= 11 is 0. The van der Waals surface area contributed by atoms with Gasteiger partial charge < -0.3 is 20.7 Å². The highest BCUT2D eigenvalue weighted by atomic mass is 16.6. The monoisotopic (exact) mass is 714 g/mol. The lowest BCUT2D eigenvalue weighted by atomic mass is 9.93. The molecule has 274 valence electrons. The molecule has 0 aromatic heterocycles. The van der Waals surface area contributed by atoms with Crippen molar-refractivity contribution in [3.8, 4) is 11.1 Å². The number of ether oxygens (including phenoxy) is 1. The van der Waals surface area contributed by atoms with Crippen molar-refractivity contribution in [1.82, 2.24) is 16.0 Å². The third-order valence-corrected chi connectivity index (χ3v) is 9.25. The molecule has 0 saturated carbocycles. The van der Waals surface area contributed by atoms with Crippen LogP contribution in [0.5, 0.6) is 0 Å². The summed E-state index contributed by atoms with van der Waals surface area (Å²) in [5, 5.41) is 12.4. The van der Waals surface area contributed by atoms with Crippen molar-refractivity contribution in [2.75, 3.05) is 6.61 Å². The molecule has 53 heavy (non-hydrogen) atoms. The minimum absolute atomic E-state index is 0.0881. The first-order chi connectivity index (χ1) is 25.5. The molecule has 1 aliphatic heterocycles. The molecular weight excluding hydrogens is 668 g/mol. The molecule has 3 amide bonds. The topological polar surface area (TPSA) is 166 Å². The minimum Gasteiger partial charge on any atom is -0.361 e. The number of hydrogen-bond donors (Lipinski definition) is 3. The van der Waals surface area contributed by atoms with Crippen LogP contribution in [0.2, 0.25) is 0 Å². The average Bonchev–Trinajstić information content (AvgIpc) is 3.92. The van der Waals surface area contributed by atoms with Crippen LogP contribution in [-0.4, -0.2) is 59.9 Å². The van der Waals surface area contributed by atoms with Gasteiger partial charge in [-0.2, -0.15) is 0 Å². The second kappa shape index (κ2) is 18.1. The summed E-state index contributed by atoms with van der Waals surface area (Å²) < 4.78 is 5.41. The van der Waals surface area contributed by atoms with Gasteiger partial charge in [-0.1, -0.05) is 134 Å². The summed E-state index contributed by atoms with van der Waals surface area (Å²) in [5.74, 6) is -1.88. The van der Waals surface area contributed by atoms with E-state index in [4.69, 9.17) is 4.74 Å². The van der Waals surface area contributed by atoms with Crippen molar-refractivity contribution in [1.29, 1.82) is 0 Å². The number of ketones is 1. The first kappa shape index (κ1) is 38.5. The number of nitrogens with zero attached hydrogens (tertiary/aromatic N) is 3. The van der Waals surface area contributed by atoms with Gasteiger partial charge in [0.2, 0.25) is 17.7 Å². The summed E-state index contributed by atoms with van der Waals surface area (Å²) in [6.07, 6.45) is 0.751. The molecule has 1 aliphatic rings. The quantitative estimate of drug-likeness (QED) is 0.0503. The Balaban J connectivity index is 1.41. The van der Waals surface area contributed by atoms with Crippen LogP contribution in [-0.2, 0) is 43.2 Å². The zero-order chi connectivity index (χ0) is 37.8. The molecule has 3 N–H and O–H groups in total. The van der Waals surface area contributed by atoms with Gasteiger partial charge in [-0.25, -0.2) is 0 Å². The van der Waals surface area contributed by atoms with E-state index in [-0.39, 0.29) is 37.6 Å². The number of nitrogens with one attached hydrogen (secondary N) is 3. The number of rotatable bonds is 18. The molecule has 1 heterocycles. The van der Waals surface area contributed by atoms with E-state index in [0.29, 0.717) is 6.42 Å². The molecule has 0 aliphatic carbocycles. The molecular formula is C42H46N6O5. The smallest absolute Gasteiger partial charge is 0.243 e. The van der Waals surface area contributed by atoms with Crippen molar-refractivity contribution in [3.63, 3.8) is 0 Å². The van der Waals surface area contributed by atoms with Gasteiger partial charge in [0.05, 0.1) is 12.6 Å². The molecule has 0 bridgehead atoms. The predicted molar refractivity (Wildman–Crippen MR) is 203 cm³/mol. The van der Waals surface area contributed by atoms with E-state index in [1.165, 1.54) is 0 Å². The molecule has 4 aromatic carbocycles. The van der Waals surface area contributed by atoms with E-state index in [9.17, 15) is 24.7 Å². The van der Waals surface area contributed by atoms with Gasteiger partial charge in [0.15, 0.2) is 5.78 Å². The number of carbonyl (C=O) groups is 4. The number of Topliss-reactive ketones (excluding diaryl/α,β-unsaturated/α-hetero) is 1. The standard InChI is InChI=1S/C42H46N6O5/c1-28(2)23-34(38(49)42(3)27-53-42)44-39(50)35(24-29-13-7-4-8-14-29)45-40(51)36(25-31-19-21-33(22-20-31)32-17-11-6-12-18-32)46-41(52)37(47-48-43)26-30-15-9-5-10-16-30/h4-22,28,34-37H,23-27H2,1-3H3,(H,44,50)(H,45,51)(H,46,52)/t34-,35-,36-,37-,42+/m0/s1. The Hall–Kier alpha value is -5.77. The van der Waals surface area contributed by atoms with E-state index in [1.807, 2.05) is 129 Å². The lowest BCUT2D eigenvalue weighted by Gasteiger charge is -2.27. The molecule has 5 atom stereocenters. The maximum atomic E-state index is 14.3. The molecule has 0 radical (unpaired) electrons. The van der Waals surface area contributed by atoms with Crippen LogP contribution in [0.3, 0.4) is 0 Å². The van der Waals surface area contributed by atoms with E-state index >= 15 is 0 Å². The molecule has 1 fully saturated rings. The molecule has 0 unspecified atom stereocenters. The van der Waals surface area contributed by atoms with Crippen molar-refractivity contribution >= 4 is 23.5 Å². The Bertz CT molecular complexity index is 1890. The van der Waals surface area contributed by atoms with Gasteiger partial charge in [-0.15, -0.1) is 0 Å².